The van der Waals surface area contributed by atoms with Crippen molar-refractivity contribution in [1.82, 2.24) is 0 Å². The average Bonchev–Trinajstić information content (AvgIpc) is 1.80. The summed E-state index contributed by atoms with van der Waals surface area (Å²) < 4.78 is 4.86. The third-order valence-electron chi connectivity index (χ3n) is 1.80. The normalized spacial score (nSPS) is 19.7. The number of ether oxygens (including phenoxy) is 1. The highest BCUT2D eigenvalue weighted by Gasteiger charge is 2.48. The van der Waals surface area contributed by atoms with E-state index in [1.807, 2.05) is 0 Å². The molecule has 0 aromatic rings. The van der Waals surface area contributed by atoms with Gasteiger partial charge in [0.1, 0.15) is 0 Å². The van der Waals surface area contributed by atoms with E-state index in [4.69, 9.17) is 4.74 Å². The Morgan fingerprint density at radius 3 is 1.83 bits per heavy atom. The summed E-state index contributed by atoms with van der Waals surface area (Å²) in [6.45, 7) is -0.580. The van der Waals surface area contributed by atoms with Crippen LogP contribution in [-0.2, 0) is 4.74 Å². The molecule has 0 bridgehead atoms. The van der Waals surface area contributed by atoms with Gasteiger partial charge in [-0.2, -0.15) is 0 Å². The van der Waals surface area contributed by atoms with E-state index in [0.717, 1.165) is 0 Å². The summed E-state index contributed by atoms with van der Waals surface area (Å²) >= 11 is 0. The van der Waals surface area contributed by atoms with E-state index < -0.39 is 28.5 Å². The van der Waals surface area contributed by atoms with Crippen molar-refractivity contribution in [2.45, 2.75) is 12.0 Å². The van der Waals surface area contributed by atoms with Crippen molar-refractivity contribution in [2.24, 2.45) is 0 Å². The maximum Gasteiger partial charge on any atom is 0.239 e. The molecule has 1 saturated heterocycles. The molecule has 0 amide bonds. The van der Waals surface area contributed by atoms with Crippen LogP contribution in [-0.4, -0.2) is 35.1 Å². The van der Waals surface area contributed by atoms with Crippen molar-refractivity contribution >= 4 is 0 Å². The monoisotopic (exact) mass is 176 g/mol. The molecule has 1 rings (SSSR count). The van der Waals surface area contributed by atoms with Gasteiger partial charge >= 0.3 is 0 Å². The van der Waals surface area contributed by atoms with Gasteiger partial charge in [-0.25, -0.2) is 0 Å². The second-order valence-electron chi connectivity index (χ2n) is 2.76. The molecule has 0 atom stereocenters. The molecule has 0 N–H and O–H groups in total. The van der Waals surface area contributed by atoms with Crippen LogP contribution in [0.5, 0.6) is 0 Å². The van der Waals surface area contributed by atoms with Gasteiger partial charge in [-0.05, 0) is 0 Å². The highest BCUT2D eigenvalue weighted by molar-refractivity contribution is 4.86. The minimum absolute atomic E-state index is 0.377. The molecule has 0 aromatic heterocycles. The summed E-state index contributed by atoms with van der Waals surface area (Å²) in [5.41, 5.74) is -1.13. The van der Waals surface area contributed by atoms with Crippen molar-refractivity contribution < 1.29 is 14.6 Å². The summed E-state index contributed by atoms with van der Waals surface area (Å²) in [5, 5.41) is 20.2. The number of nitrogens with zero attached hydrogens (tertiary/aromatic N) is 2. The molecule has 0 saturated carbocycles. The Labute approximate surface area is 67.6 Å². The lowest BCUT2D eigenvalue weighted by Crippen LogP contribution is -2.54. The van der Waals surface area contributed by atoms with Crippen molar-refractivity contribution in [2.75, 3.05) is 19.7 Å². The second-order valence-corrected chi connectivity index (χ2v) is 2.76. The van der Waals surface area contributed by atoms with Gasteiger partial charge in [0.2, 0.25) is 13.1 Å². The lowest BCUT2D eigenvalue weighted by molar-refractivity contribution is -0.556. The van der Waals surface area contributed by atoms with Crippen LogP contribution < -0.4 is 0 Å². The summed E-state index contributed by atoms with van der Waals surface area (Å²) in [5.74, 6) is 0. The van der Waals surface area contributed by atoms with E-state index in [1.54, 1.807) is 0 Å². The average molecular weight is 176 g/mol. The summed E-state index contributed by atoms with van der Waals surface area (Å²) in [4.78, 5) is 19.0. The molecule has 7 nitrogen and oxygen atoms in total. The van der Waals surface area contributed by atoms with Gasteiger partial charge in [-0.1, -0.05) is 0 Å². The summed E-state index contributed by atoms with van der Waals surface area (Å²) in [6.07, 6.45) is 0.398. The first-order valence-electron chi connectivity index (χ1n) is 3.42. The van der Waals surface area contributed by atoms with E-state index in [-0.39, 0.29) is 0 Å². The van der Waals surface area contributed by atoms with Gasteiger partial charge in [-0.3, -0.25) is 20.2 Å². The van der Waals surface area contributed by atoms with Crippen LogP contribution in [0.1, 0.15) is 6.42 Å². The van der Waals surface area contributed by atoms with Gasteiger partial charge in [0.05, 0.1) is 6.61 Å². The molecule has 1 aliphatic rings. The van der Waals surface area contributed by atoms with E-state index in [0.29, 0.717) is 13.0 Å². The first kappa shape index (κ1) is 8.85. The van der Waals surface area contributed by atoms with Gasteiger partial charge in [-0.15, -0.1) is 0 Å². The van der Waals surface area contributed by atoms with Crippen LogP contribution in [0.4, 0.5) is 0 Å². The third kappa shape index (κ3) is 1.88. The Bertz CT molecular complexity index is 194. The third-order valence-corrected chi connectivity index (χ3v) is 1.80. The standard InChI is InChI=1S/C5H8N2O5/c8-6(9)3-5(1-2-12-5)4-7(10)11/h1-4H2. The van der Waals surface area contributed by atoms with Crippen molar-refractivity contribution in [1.29, 1.82) is 0 Å². The fourth-order valence-corrected chi connectivity index (χ4v) is 1.16. The number of rotatable bonds is 4. The largest absolute Gasteiger partial charge is 0.362 e. The Hall–Kier alpha value is -1.24. The molecule has 1 aliphatic heterocycles. The zero-order chi connectivity index (χ0) is 9.19. The first-order chi connectivity index (χ1) is 5.54. The zero-order valence-corrected chi connectivity index (χ0v) is 6.26. The van der Waals surface area contributed by atoms with E-state index >= 15 is 0 Å². The lowest BCUT2D eigenvalue weighted by Gasteiger charge is -2.34. The highest BCUT2D eigenvalue weighted by atomic mass is 16.6. The molecule has 0 aromatic carbocycles. The van der Waals surface area contributed by atoms with Crippen LogP contribution in [0.2, 0.25) is 0 Å². The molecule has 0 unspecified atom stereocenters. The van der Waals surface area contributed by atoms with Gasteiger partial charge in [0, 0.05) is 16.3 Å². The minimum Gasteiger partial charge on any atom is -0.362 e. The molecule has 1 heterocycles. The Kier molecular flexibility index (Phi) is 2.22. The Morgan fingerprint density at radius 1 is 1.25 bits per heavy atom. The number of hydrogen-bond acceptors (Lipinski definition) is 5. The van der Waals surface area contributed by atoms with Crippen molar-refractivity contribution in [3.05, 3.63) is 20.2 Å². The zero-order valence-electron chi connectivity index (χ0n) is 6.26. The fraction of sp³-hybridized carbons (Fsp3) is 1.00. The molecule has 1 fully saturated rings. The number of nitro groups is 2. The van der Waals surface area contributed by atoms with E-state index in [2.05, 4.69) is 0 Å². The van der Waals surface area contributed by atoms with E-state index in [9.17, 15) is 20.2 Å². The summed E-state index contributed by atoms with van der Waals surface area (Å²) in [7, 11) is 0. The number of hydrogen-bond donors (Lipinski definition) is 0. The highest BCUT2D eigenvalue weighted by Crippen LogP contribution is 2.26. The molecular weight excluding hydrogens is 168 g/mol. The molecular formula is C5H8N2O5. The Balaban J connectivity index is 2.50. The van der Waals surface area contributed by atoms with E-state index in [1.165, 1.54) is 0 Å². The quantitative estimate of drug-likeness (QED) is 0.432. The second kappa shape index (κ2) is 3.02. The summed E-state index contributed by atoms with van der Waals surface area (Å²) in [6, 6.07) is 0. The van der Waals surface area contributed by atoms with Crippen LogP contribution >= 0.6 is 0 Å². The van der Waals surface area contributed by atoms with Gasteiger partial charge < -0.3 is 4.74 Å². The van der Waals surface area contributed by atoms with Crippen LogP contribution in [0.25, 0.3) is 0 Å². The molecule has 0 radical (unpaired) electrons. The molecule has 12 heavy (non-hydrogen) atoms. The van der Waals surface area contributed by atoms with Gasteiger partial charge in [0.25, 0.3) is 0 Å². The molecule has 0 aliphatic carbocycles. The topological polar surface area (TPSA) is 95.5 Å². The Morgan fingerprint density at radius 2 is 1.67 bits per heavy atom. The van der Waals surface area contributed by atoms with Gasteiger partial charge in [0.15, 0.2) is 5.60 Å². The predicted molar refractivity (Wildman–Crippen MR) is 37.0 cm³/mol. The van der Waals surface area contributed by atoms with Crippen LogP contribution in [0.3, 0.4) is 0 Å². The molecule has 0 spiro atoms. The maximum absolute atomic E-state index is 10.1. The first-order valence-corrected chi connectivity index (χ1v) is 3.42. The van der Waals surface area contributed by atoms with Crippen molar-refractivity contribution in [3.63, 3.8) is 0 Å². The smallest absolute Gasteiger partial charge is 0.239 e. The SMILES string of the molecule is O=[N+]([O-])CC1(C[N+](=O)[O-])CCO1. The lowest BCUT2D eigenvalue weighted by atomic mass is 9.95. The molecule has 68 valence electrons. The van der Waals surface area contributed by atoms with Crippen molar-refractivity contribution in [3.8, 4) is 0 Å². The fourth-order valence-electron chi connectivity index (χ4n) is 1.16. The minimum atomic E-state index is -1.13. The van der Waals surface area contributed by atoms with Crippen LogP contribution in [0, 0.1) is 20.2 Å². The molecule has 7 heteroatoms. The van der Waals surface area contributed by atoms with Crippen LogP contribution in [0.15, 0.2) is 0 Å². The predicted octanol–water partition coefficient (Wildman–Crippen LogP) is -0.301. The maximum atomic E-state index is 10.1.